The molecule has 2 N–H and O–H groups in total. The van der Waals surface area contributed by atoms with Gasteiger partial charge in [0.1, 0.15) is 17.6 Å². The maximum atomic E-state index is 13.0. The normalized spacial score (nSPS) is 13.2. The summed E-state index contributed by atoms with van der Waals surface area (Å²) in [6.07, 6.45) is 0. The zero-order valence-corrected chi connectivity index (χ0v) is 9.57. The SMILES string of the molecule is CC(C)C(C(=O)O)c1nc2ccc(F)cc2[nH]1. The van der Waals surface area contributed by atoms with Crippen molar-refractivity contribution in [1.29, 1.82) is 0 Å². The first kappa shape index (κ1) is 11.6. The number of imidazole rings is 1. The second kappa shape index (κ2) is 4.16. The van der Waals surface area contributed by atoms with Crippen LogP contribution in [-0.4, -0.2) is 21.0 Å². The number of aromatic amines is 1. The maximum Gasteiger partial charge on any atom is 0.314 e. The predicted molar refractivity (Wildman–Crippen MR) is 61.3 cm³/mol. The van der Waals surface area contributed by atoms with Gasteiger partial charge in [-0.2, -0.15) is 0 Å². The van der Waals surface area contributed by atoms with E-state index in [2.05, 4.69) is 9.97 Å². The molecule has 0 spiro atoms. The molecule has 17 heavy (non-hydrogen) atoms. The molecule has 1 heterocycles. The fraction of sp³-hybridized carbons (Fsp3) is 0.333. The van der Waals surface area contributed by atoms with Crippen LogP contribution in [0.25, 0.3) is 11.0 Å². The second-order valence-corrected chi connectivity index (χ2v) is 4.34. The van der Waals surface area contributed by atoms with E-state index < -0.39 is 11.9 Å². The van der Waals surface area contributed by atoms with E-state index in [1.807, 2.05) is 13.8 Å². The summed E-state index contributed by atoms with van der Waals surface area (Å²) in [6.45, 7) is 3.62. The summed E-state index contributed by atoms with van der Waals surface area (Å²) in [7, 11) is 0. The standard InChI is InChI=1S/C12H13FN2O2/c1-6(2)10(12(16)17)11-14-8-4-3-7(13)5-9(8)15-11/h3-6,10H,1-2H3,(H,14,15)(H,16,17). The Balaban J connectivity index is 2.51. The lowest BCUT2D eigenvalue weighted by Gasteiger charge is -2.12. The molecule has 0 amide bonds. The van der Waals surface area contributed by atoms with Gasteiger partial charge in [-0.05, 0) is 24.1 Å². The van der Waals surface area contributed by atoms with Crippen LogP contribution >= 0.6 is 0 Å². The van der Waals surface area contributed by atoms with Crippen molar-refractivity contribution < 1.29 is 14.3 Å². The Morgan fingerprint density at radius 3 is 2.76 bits per heavy atom. The summed E-state index contributed by atoms with van der Waals surface area (Å²) in [6, 6.07) is 4.15. The van der Waals surface area contributed by atoms with Gasteiger partial charge < -0.3 is 10.1 Å². The van der Waals surface area contributed by atoms with E-state index in [1.165, 1.54) is 18.2 Å². The summed E-state index contributed by atoms with van der Waals surface area (Å²) < 4.78 is 13.0. The molecule has 0 aliphatic heterocycles. The molecular formula is C12H13FN2O2. The first-order chi connectivity index (χ1) is 7.99. The molecule has 0 fully saturated rings. The van der Waals surface area contributed by atoms with E-state index in [9.17, 15) is 9.18 Å². The monoisotopic (exact) mass is 236 g/mol. The van der Waals surface area contributed by atoms with E-state index in [4.69, 9.17) is 5.11 Å². The van der Waals surface area contributed by atoms with E-state index in [0.29, 0.717) is 16.9 Å². The molecule has 1 atom stereocenters. The number of aromatic nitrogens is 2. The number of carboxylic acid groups (broad SMARTS) is 1. The minimum Gasteiger partial charge on any atom is -0.481 e. The molecule has 0 aliphatic rings. The second-order valence-electron chi connectivity index (χ2n) is 4.34. The summed E-state index contributed by atoms with van der Waals surface area (Å²) in [5.74, 6) is -1.72. The van der Waals surface area contributed by atoms with Crippen molar-refractivity contribution in [1.82, 2.24) is 9.97 Å². The van der Waals surface area contributed by atoms with Gasteiger partial charge in [0.2, 0.25) is 0 Å². The predicted octanol–water partition coefficient (Wildman–Crippen LogP) is 2.53. The van der Waals surface area contributed by atoms with Gasteiger partial charge in [0, 0.05) is 0 Å². The molecule has 0 bridgehead atoms. The number of hydrogen-bond acceptors (Lipinski definition) is 2. The highest BCUT2D eigenvalue weighted by Crippen LogP contribution is 2.24. The van der Waals surface area contributed by atoms with Gasteiger partial charge in [0.15, 0.2) is 0 Å². The number of carboxylic acids is 1. The number of H-pyrrole nitrogens is 1. The van der Waals surface area contributed by atoms with Gasteiger partial charge in [-0.15, -0.1) is 0 Å². The number of fused-ring (bicyclic) bond motifs is 1. The fourth-order valence-corrected chi connectivity index (χ4v) is 1.87. The number of hydrogen-bond donors (Lipinski definition) is 2. The van der Waals surface area contributed by atoms with E-state index in [-0.39, 0.29) is 11.7 Å². The molecule has 90 valence electrons. The van der Waals surface area contributed by atoms with Gasteiger partial charge in [-0.25, -0.2) is 9.37 Å². The van der Waals surface area contributed by atoms with Crippen LogP contribution in [0.4, 0.5) is 4.39 Å². The van der Waals surface area contributed by atoms with Gasteiger partial charge in [0.05, 0.1) is 11.0 Å². The van der Waals surface area contributed by atoms with Gasteiger partial charge >= 0.3 is 5.97 Å². The van der Waals surface area contributed by atoms with Crippen molar-refractivity contribution in [2.24, 2.45) is 5.92 Å². The van der Waals surface area contributed by atoms with E-state index >= 15 is 0 Å². The number of nitrogens with one attached hydrogen (secondary N) is 1. The highest BCUT2D eigenvalue weighted by atomic mass is 19.1. The van der Waals surface area contributed by atoms with Gasteiger partial charge in [-0.1, -0.05) is 13.8 Å². The van der Waals surface area contributed by atoms with Crippen molar-refractivity contribution in [3.05, 3.63) is 29.8 Å². The molecular weight excluding hydrogens is 223 g/mol. The van der Waals surface area contributed by atoms with Crippen LogP contribution in [0, 0.1) is 11.7 Å². The molecule has 0 saturated carbocycles. The topological polar surface area (TPSA) is 66.0 Å². The number of carbonyl (C=O) groups is 1. The Morgan fingerprint density at radius 2 is 2.18 bits per heavy atom. The minimum atomic E-state index is -0.931. The number of aliphatic carboxylic acids is 1. The number of halogens is 1. The maximum absolute atomic E-state index is 13.0. The lowest BCUT2D eigenvalue weighted by Crippen LogP contribution is -2.18. The van der Waals surface area contributed by atoms with Crippen molar-refractivity contribution in [2.75, 3.05) is 0 Å². The van der Waals surface area contributed by atoms with Crippen LogP contribution in [0.15, 0.2) is 18.2 Å². The van der Waals surface area contributed by atoms with Crippen LogP contribution in [-0.2, 0) is 4.79 Å². The largest absolute Gasteiger partial charge is 0.481 e. The lowest BCUT2D eigenvalue weighted by molar-refractivity contribution is -0.140. The third-order valence-electron chi connectivity index (χ3n) is 2.69. The summed E-state index contributed by atoms with van der Waals surface area (Å²) >= 11 is 0. The molecule has 1 unspecified atom stereocenters. The van der Waals surface area contributed by atoms with Crippen molar-refractivity contribution in [3.63, 3.8) is 0 Å². The molecule has 1 aromatic heterocycles. The van der Waals surface area contributed by atoms with Gasteiger partial charge in [0.25, 0.3) is 0 Å². The molecule has 0 saturated heterocycles. The van der Waals surface area contributed by atoms with Crippen molar-refractivity contribution in [2.45, 2.75) is 19.8 Å². The molecule has 0 radical (unpaired) electrons. The first-order valence-electron chi connectivity index (χ1n) is 5.37. The van der Waals surface area contributed by atoms with Crippen molar-refractivity contribution in [3.8, 4) is 0 Å². The third kappa shape index (κ3) is 2.13. The Labute approximate surface area is 97.5 Å². The van der Waals surface area contributed by atoms with Crippen LogP contribution in [0.2, 0.25) is 0 Å². The van der Waals surface area contributed by atoms with Gasteiger partial charge in [-0.3, -0.25) is 4.79 Å². The highest BCUT2D eigenvalue weighted by Gasteiger charge is 2.26. The molecule has 4 nitrogen and oxygen atoms in total. The number of nitrogens with zero attached hydrogens (tertiary/aromatic N) is 1. The van der Waals surface area contributed by atoms with Crippen LogP contribution in [0.1, 0.15) is 25.6 Å². The zero-order valence-electron chi connectivity index (χ0n) is 9.57. The fourth-order valence-electron chi connectivity index (χ4n) is 1.87. The molecule has 1 aromatic carbocycles. The number of benzene rings is 1. The van der Waals surface area contributed by atoms with Crippen LogP contribution < -0.4 is 0 Å². The van der Waals surface area contributed by atoms with Crippen LogP contribution in [0.3, 0.4) is 0 Å². The Bertz CT molecular complexity index is 563. The Hall–Kier alpha value is -1.91. The van der Waals surface area contributed by atoms with Crippen LogP contribution in [0.5, 0.6) is 0 Å². The summed E-state index contributed by atoms with van der Waals surface area (Å²) in [5.41, 5.74) is 1.10. The summed E-state index contributed by atoms with van der Waals surface area (Å²) in [5, 5.41) is 9.14. The summed E-state index contributed by atoms with van der Waals surface area (Å²) in [4.78, 5) is 18.2. The average molecular weight is 236 g/mol. The molecule has 2 aromatic rings. The van der Waals surface area contributed by atoms with Crippen molar-refractivity contribution >= 4 is 17.0 Å². The average Bonchev–Trinajstić information content (AvgIpc) is 2.58. The lowest BCUT2D eigenvalue weighted by atomic mass is 9.95. The minimum absolute atomic E-state index is 0.0853. The first-order valence-corrected chi connectivity index (χ1v) is 5.37. The van der Waals surface area contributed by atoms with E-state index in [1.54, 1.807) is 0 Å². The molecule has 0 aliphatic carbocycles. The Kier molecular flexibility index (Phi) is 2.83. The molecule has 2 rings (SSSR count). The zero-order chi connectivity index (χ0) is 12.6. The van der Waals surface area contributed by atoms with E-state index in [0.717, 1.165) is 0 Å². The number of rotatable bonds is 3. The smallest absolute Gasteiger partial charge is 0.314 e. The highest BCUT2D eigenvalue weighted by molar-refractivity contribution is 5.79. The molecule has 5 heteroatoms. The quantitative estimate of drug-likeness (QED) is 0.860. The third-order valence-corrected chi connectivity index (χ3v) is 2.69. The Morgan fingerprint density at radius 1 is 1.47 bits per heavy atom.